The van der Waals surface area contributed by atoms with Gasteiger partial charge in [0.05, 0.1) is 30.7 Å². The average Bonchev–Trinajstić information content (AvgIpc) is 3.33. The van der Waals surface area contributed by atoms with Crippen molar-refractivity contribution in [3.63, 3.8) is 0 Å². The molecule has 0 spiro atoms. The van der Waals surface area contributed by atoms with Gasteiger partial charge in [-0.3, -0.25) is 0 Å². The molecule has 0 aliphatic carbocycles. The van der Waals surface area contributed by atoms with Crippen molar-refractivity contribution >= 4 is 46.3 Å². The van der Waals surface area contributed by atoms with Crippen molar-refractivity contribution in [2.24, 2.45) is 5.92 Å². The van der Waals surface area contributed by atoms with Gasteiger partial charge in [0.15, 0.2) is 5.57 Å². The second-order valence-corrected chi connectivity index (χ2v) is 14.8. The molecule has 0 heterocycles. The van der Waals surface area contributed by atoms with Crippen LogP contribution in [-0.2, 0) is 11.2 Å². The third kappa shape index (κ3) is 9.86. The molecule has 0 fully saturated rings. The summed E-state index contributed by atoms with van der Waals surface area (Å²) in [6.07, 6.45) is 4.41. The molecule has 0 aliphatic heterocycles. The van der Waals surface area contributed by atoms with Crippen LogP contribution in [0.3, 0.4) is 0 Å². The lowest BCUT2D eigenvalue weighted by atomic mass is 9.90. The van der Waals surface area contributed by atoms with Crippen molar-refractivity contribution in [2.75, 3.05) is 12.0 Å². The van der Waals surface area contributed by atoms with Crippen LogP contribution in [0.2, 0.25) is 0 Å². The van der Waals surface area contributed by atoms with Crippen LogP contribution < -0.4 is 9.64 Å². The molecule has 0 bridgehead atoms. The van der Waals surface area contributed by atoms with Crippen LogP contribution in [0.4, 0.5) is 17.1 Å². The van der Waals surface area contributed by atoms with Crippen molar-refractivity contribution in [3.05, 3.63) is 238 Å². The fraction of sp³-hybridized carbons (Fsp3) is 0.0714. The number of carbonyl (C=O) groups is 1. The molecule has 1 atom stereocenters. The molecule has 7 nitrogen and oxygen atoms in total. The van der Waals surface area contributed by atoms with E-state index in [1.807, 2.05) is 109 Å². The Balaban J connectivity index is 1.33. The number of anilines is 3. The van der Waals surface area contributed by atoms with E-state index >= 15 is 0 Å². The van der Waals surface area contributed by atoms with Crippen molar-refractivity contribution in [3.8, 4) is 24.0 Å². The minimum Gasteiger partial charge on any atom is -0.496 e. The molecule has 0 aliphatic rings. The Morgan fingerprint density at radius 3 is 1.46 bits per heavy atom. The summed E-state index contributed by atoms with van der Waals surface area (Å²) in [6.45, 7) is 2.10. The zero-order valence-corrected chi connectivity index (χ0v) is 34.8. The predicted molar refractivity (Wildman–Crippen MR) is 251 cm³/mol. The minimum atomic E-state index is -1.54. The van der Waals surface area contributed by atoms with E-state index < -0.39 is 17.5 Å². The summed E-state index contributed by atoms with van der Waals surface area (Å²) in [5, 5.41) is 38.7. The number of carboxylic acid groups (broad SMARTS) is 1. The zero-order chi connectivity index (χ0) is 44.1. The lowest BCUT2D eigenvalue weighted by Gasteiger charge is -2.27. The molecule has 304 valence electrons. The highest BCUT2D eigenvalue weighted by Crippen LogP contribution is 2.40. The lowest BCUT2D eigenvalue weighted by molar-refractivity contribution is -0.132. The monoisotopic (exact) mass is 818 g/mol. The van der Waals surface area contributed by atoms with Gasteiger partial charge < -0.3 is 14.7 Å². The van der Waals surface area contributed by atoms with E-state index in [4.69, 9.17) is 4.74 Å². The Labute approximate surface area is 368 Å². The Morgan fingerprint density at radius 2 is 1.05 bits per heavy atom. The molecular weight excluding hydrogens is 777 g/mol. The maximum absolute atomic E-state index is 11.7. The van der Waals surface area contributed by atoms with Crippen molar-refractivity contribution in [1.29, 1.82) is 15.8 Å². The van der Waals surface area contributed by atoms with Gasteiger partial charge in [0.1, 0.15) is 11.8 Å². The number of aliphatic carboxylic acids is 1. The fourth-order valence-electron chi connectivity index (χ4n) is 7.58. The molecule has 0 radical (unpaired) electrons. The van der Waals surface area contributed by atoms with E-state index in [1.54, 1.807) is 19.2 Å². The molecule has 0 amide bonds. The number of aryl methyl sites for hydroxylation is 1. The molecule has 7 aromatic rings. The standard InChI is InChI=1S/C56H42N4O3/c1-39-31-49(29-25-45(39)33-51(41-15-7-3-8-16-41)42-17-9-4-10-18-42)60(48-27-23-40(24-28-48)32-47(36-57)53(37-58)54(38-59)56(61)62)50-30-26-46(55(35-50)63-2)34-52(43-19-11-5-12-20-43)44-21-13-6-14-22-44/h3-31,33-35,47H,32H2,1-2H3,(H,61,62)/b54-53+. The molecule has 7 heteroatoms. The summed E-state index contributed by atoms with van der Waals surface area (Å²) in [5.74, 6) is -1.99. The van der Waals surface area contributed by atoms with Gasteiger partial charge in [-0.1, -0.05) is 140 Å². The second kappa shape index (κ2) is 20.0. The number of nitrogens with zero attached hydrogens (tertiary/aromatic N) is 4. The molecule has 63 heavy (non-hydrogen) atoms. The number of hydrogen-bond donors (Lipinski definition) is 1. The topological polar surface area (TPSA) is 121 Å². The van der Waals surface area contributed by atoms with Gasteiger partial charge in [-0.2, -0.15) is 15.8 Å². The molecule has 1 unspecified atom stereocenters. The number of ether oxygens (including phenoxy) is 1. The van der Waals surface area contributed by atoms with E-state index in [0.717, 1.165) is 67.2 Å². The summed E-state index contributed by atoms with van der Waals surface area (Å²) in [5.41, 5.74) is 11.7. The van der Waals surface area contributed by atoms with Gasteiger partial charge in [0.2, 0.25) is 0 Å². The molecule has 0 saturated heterocycles. The Morgan fingerprint density at radius 1 is 0.603 bits per heavy atom. The van der Waals surface area contributed by atoms with E-state index in [1.165, 1.54) is 0 Å². The van der Waals surface area contributed by atoms with Crippen LogP contribution in [-0.4, -0.2) is 18.2 Å². The molecule has 0 aromatic heterocycles. The summed E-state index contributed by atoms with van der Waals surface area (Å²) in [4.78, 5) is 13.8. The first-order valence-electron chi connectivity index (χ1n) is 20.3. The number of hydrogen-bond acceptors (Lipinski definition) is 6. The fourth-order valence-corrected chi connectivity index (χ4v) is 7.58. The predicted octanol–water partition coefficient (Wildman–Crippen LogP) is 12.8. The van der Waals surface area contributed by atoms with Gasteiger partial charge >= 0.3 is 5.97 Å². The number of nitriles is 3. The SMILES string of the molecule is COc1cc(N(c2ccc(CC(C#N)/C(C#N)=C(\C#N)C(=O)O)cc2)c2ccc(C=C(c3ccccc3)c3ccccc3)c(C)c2)ccc1C=C(c1ccccc1)c1ccccc1. The maximum atomic E-state index is 11.7. The van der Waals surface area contributed by atoms with Gasteiger partial charge in [-0.05, 0) is 112 Å². The second-order valence-electron chi connectivity index (χ2n) is 14.8. The lowest BCUT2D eigenvalue weighted by Crippen LogP contribution is -2.12. The first kappa shape index (κ1) is 42.4. The van der Waals surface area contributed by atoms with E-state index in [0.29, 0.717) is 11.3 Å². The quantitative estimate of drug-likeness (QED) is 0.0659. The molecule has 7 aromatic carbocycles. The smallest absolute Gasteiger partial charge is 0.347 e. The van der Waals surface area contributed by atoms with Gasteiger partial charge in [-0.25, -0.2) is 4.79 Å². The van der Waals surface area contributed by atoms with Crippen LogP contribution in [0.25, 0.3) is 23.3 Å². The minimum absolute atomic E-state index is 0.0451. The summed E-state index contributed by atoms with van der Waals surface area (Å²) in [7, 11) is 1.67. The van der Waals surface area contributed by atoms with Gasteiger partial charge in [0, 0.05) is 28.7 Å². The van der Waals surface area contributed by atoms with E-state index in [2.05, 4.69) is 103 Å². The number of benzene rings is 7. The average molecular weight is 819 g/mol. The first-order chi connectivity index (χ1) is 30.8. The van der Waals surface area contributed by atoms with Crippen molar-refractivity contribution < 1.29 is 14.6 Å². The Bertz CT molecular complexity index is 2870. The molecule has 0 saturated carbocycles. The van der Waals surface area contributed by atoms with E-state index in [9.17, 15) is 25.7 Å². The maximum Gasteiger partial charge on any atom is 0.347 e. The van der Waals surface area contributed by atoms with E-state index in [-0.39, 0.29) is 12.0 Å². The van der Waals surface area contributed by atoms with Crippen LogP contribution in [0, 0.1) is 46.8 Å². The summed E-state index contributed by atoms with van der Waals surface area (Å²) < 4.78 is 6.10. The Hall–Kier alpha value is -8.70. The Kier molecular flexibility index (Phi) is 13.5. The normalized spacial score (nSPS) is 11.3. The summed E-state index contributed by atoms with van der Waals surface area (Å²) >= 11 is 0. The third-order valence-corrected chi connectivity index (χ3v) is 10.8. The van der Waals surface area contributed by atoms with Crippen LogP contribution >= 0.6 is 0 Å². The van der Waals surface area contributed by atoms with Crippen LogP contribution in [0.15, 0.2) is 193 Å². The largest absolute Gasteiger partial charge is 0.496 e. The number of methoxy groups -OCH3 is 1. The van der Waals surface area contributed by atoms with Gasteiger partial charge in [-0.15, -0.1) is 0 Å². The van der Waals surface area contributed by atoms with Gasteiger partial charge in [0.25, 0.3) is 0 Å². The third-order valence-electron chi connectivity index (χ3n) is 10.8. The highest BCUT2D eigenvalue weighted by molar-refractivity contribution is 5.95. The van der Waals surface area contributed by atoms with Crippen molar-refractivity contribution in [1.82, 2.24) is 0 Å². The van der Waals surface area contributed by atoms with Crippen LogP contribution in [0.5, 0.6) is 5.75 Å². The van der Waals surface area contributed by atoms with Crippen LogP contribution in [0.1, 0.15) is 44.5 Å². The number of carboxylic acids is 1. The number of rotatable bonds is 14. The van der Waals surface area contributed by atoms with Crippen molar-refractivity contribution in [2.45, 2.75) is 13.3 Å². The highest BCUT2D eigenvalue weighted by Gasteiger charge is 2.24. The molecule has 7 rings (SSSR count). The highest BCUT2D eigenvalue weighted by atomic mass is 16.5. The first-order valence-corrected chi connectivity index (χ1v) is 20.3. The number of allylic oxidation sites excluding steroid dienone is 1. The summed E-state index contributed by atoms with van der Waals surface area (Å²) in [6, 6.07) is 66.7. The molecular formula is C56H42N4O3. The molecule has 1 N–H and O–H groups in total. The zero-order valence-electron chi connectivity index (χ0n) is 34.8.